The van der Waals surface area contributed by atoms with E-state index in [1.165, 1.54) is 5.56 Å². The minimum Gasteiger partial charge on any atom is -0.444 e. The Morgan fingerprint density at radius 3 is 2.58 bits per heavy atom. The van der Waals surface area contributed by atoms with Gasteiger partial charge in [0.25, 0.3) is 0 Å². The van der Waals surface area contributed by atoms with E-state index in [4.69, 9.17) is 10.5 Å². The quantitative estimate of drug-likeness (QED) is 0.373. The Morgan fingerprint density at radius 2 is 2.00 bits per heavy atom. The Morgan fingerprint density at radius 1 is 1.35 bits per heavy atom. The van der Waals surface area contributed by atoms with Gasteiger partial charge in [0, 0.05) is 19.1 Å². The molecule has 1 aromatic rings. The van der Waals surface area contributed by atoms with Crippen molar-refractivity contribution in [2.45, 2.75) is 51.8 Å². The number of hydrogen-bond acceptors (Lipinski definition) is 5. The highest BCUT2D eigenvalue weighted by molar-refractivity contribution is 5.92. The first-order valence-corrected chi connectivity index (χ1v) is 8.86. The number of nitrogens with one attached hydrogen (secondary N) is 1. The summed E-state index contributed by atoms with van der Waals surface area (Å²) in [6, 6.07) is 10.2. The van der Waals surface area contributed by atoms with Crippen molar-refractivity contribution < 1.29 is 14.6 Å². The number of benzene rings is 1. The van der Waals surface area contributed by atoms with Crippen molar-refractivity contribution in [2.24, 2.45) is 10.7 Å². The van der Waals surface area contributed by atoms with Crippen LogP contribution in [0.2, 0.25) is 0 Å². The number of carbonyl (C=O) groups is 1. The monoisotopic (exact) mass is 364 g/mol. The molecule has 0 saturated carbocycles. The Kier molecular flexibility index (Phi) is 9.09. The smallest absolute Gasteiger partial charge is 0.414 e. The lowest BCUT2D eigenvalue weighted by Gasteiger charge is -2.26. The summed E-state index contributed by atoms with van der Waals surface area (Å²) >= 11 is 0. The van der Waals surface area contributed by atoms with E-state index >= 15 is 0 Å². The van der Waals surface area contributed by atoms with Crippen molar-refractivity contribution >= 4 is 12.1 Å². The van der Waals surface area contributed by atoms with E-state index < -0.39 is 11.7 Å². The van der Waals surface area contributed by atoms with Gasteiger partial charge in [-0.25, -0.2) is 4.79 Å². The molecule has 7 heteroatoms. The third kappa shape index (κ3) is 9.39. The van der Waals surface area contributed by atoms with Crippen LogP contribution >= 0.6 is 0 Å². The van der Waals surface area contributed by atoms with Crippen LogP contribution in [0.1, 0.15) is 39.2 Å². The van der Waals surface area contributed by atoms with Crippen molar-refractivity contribution in [3.8, 4) is 0 Å². The number of aliphatic hydroxyl groups is 1. The lowest BCUT2D eigenvalue weighted by atomic mass is 10.1. The van der Waals surface area contributed by atoms with Gasteiger partial charge in [-0.2, -0.15) is 0 Å². The molecular weight excluding hydrogens is 332 g/mol. The molecule has 0 aromatic heterocycles. The van der Waals surface area contributed by atoms with Crippen LogP contribution < -0.4 is 11.1 Å². The molecule has 0 aliphatic rings. The molecule has 146 valence electrons. The van der Waals surface area contributed by atoms with Crippen molar-refractivity contribution in [1.82, 2.24) is 10.2 Å². The van der Waals surface area contributed by atoms with Gasteiger partial charge in [0.15, 0.2) is 5.96 Å². The molecule has 1 aromatic carbocycles. The molecule has 0 fully saturated rings. The van der Waals surface area contributed by atoms with Gasteiger partial charge < -0.3 is 15.6 Å². The molecule has 0 bridgehead atoms. The molecule has 0 aliphatic heterocycles. The molecule has 0 heterocycles. The molecular formula is C19H32N4O3. The van der Waals surface area contributed by atoms with Gasteiger partial charge in [-0.1, -0.05) is 30.3 Å². The molecule has 1 amide bonds. The Bertz CT molecular complexity index is 570. The Balaban J connectivity index is 2.36. The van der Waals surface area contributed by atoms with Crippen molar-refractivity contribution in [1.29, 1.82) is 0 Å². The van der Waals surface area contributed by atoms with Crippen LogP contribution in [0.3, 0.4) is 0 Å². The second-order valence-electron chi connectivity index (χ2n) is 7.27. The summed E-state index contributed by atoms with van der Waals surface area (Å²) in [5.74, 6) is 0.0393. The minimum absolute atomic E-state index is 0.0393. The van der Waals surface area contributed by atoms with Gasteiger partial charge in [-0.3, -0.25) is 15.2 Å². The maximum atomic E-state index is 11.6. The first-order valence-electron chi connectivity index (χ1n) is 8.86. The van der Waals surface area contributed by atoms with Gasteiger partial charge >= 0.3 is 6.09 Å². The number of alkyl carbamates (subject to hydrolysis) is 1. The summed E-state index contributed by atoms with van der Waals surface area (Å²) in [4.78, 5) is 17.8. The zero-order valence-corrected chi connectivity index (χ0v) is 16.2. The van der Waals surface area contributed by atoms with Crippen molar-refractivity contribution in [2.75, 3.05) is 20.2 Å². The predicted octanol–water partition coefficient (Wildman–Crippen LogP) is 2.10. The highest BCUT2D eigenvalue weighted by Crippen LogP contribution is 2.10. The van der Waals surface area contributed by atoms with Gasteiger partial charge in [-0.15, -0.1) is 0 Å². The number of carbonyl (C=O) groups excluding carboxylic acids is 1. The number of guanidine groups is 1. The first-order chi connectivity index (χ1) is 12.2. The maximum Gasteiger partial charge on any atom is 0.414 e. The number of ether oxygens (including phenoxy) is 1. The molecule has 4 N–H and O–H groups in total. The zero-order chi connectivity index (χ0) is 19.6. The molecule has 0 spiro atoms. The molecule has 1 rings (SSSR count). The average Bonchev–Trinajstić information content (AvgIpc) is 2.53. The summed E-state index contributed by atoms with van der Waals surface area (Å²) in [5.41, 5.74) is 6.31. The van der Waals surface area contributed by atoms with Crippen LogP contribution in [0, 0.1) is 0 Å². The van der Waals surface area contributed by atoms with Crippen LogP contribution in [0.5, 0.6) is 0 Å². The summed E-state index contributed by atoms with van der Waals surface area (Å²) in [7, 11) is 2.00. The summed E-state index contributed by atoms with van der Waals surface area (Å²) < 4.78 is 5.11. The first kappa shape index (κ1) is 21.9. The fraction of sp³-hybridized carbons (Fsp3) is 0.579. The van der Waals surface area contributed by atoms with Crippen LogP contribution in [-0.4, -0.2) is 53.9 Å². The fourth-order valence-corrected chi connectivity index (χ4v) is 2.43. The van der Waals surface area contributed by atoms with E-state index in [1.807, 2.05) is 25.2 Å². The minimum atomic E-state index is -0.616. The predicted molar refractivity (Wildman–Crippen MR) is 104 cm³/mol. The topological polar surface area (TPSA) is 100 Å². The van der Waals surface area contributed by atoms with Crippen molar-refractivity contribution in [3.05, 3.63) is 35.9 Å². The summed E-state index contributed by atoms with van der Waals surface area (Å²) in [5, 5.41) is 12.0. The van der Waals surface area contributed by atoms with Gasteiger partial charge in [0.1, 0.15) is 5.60 Å². The van der Waals surface area contributed by atoms with E-state index in [1.54, 1.807) is 20.8 Å². The number of rotatable bonds is 8. The fourth-order valence-electron chi connectivity index (χ4n) is 2.43. The highest BCUT2D eigenvalue weighted by atomic mass is 16.6. The second kappa shape index (κ2) is 10.8. The number of nitrogens with two attached hydrogens (primary N) is 1. The van der Waals surface area contributed by atoms with E-state index in [-0.39, 0.29) is 18.6 Å². The van der Waals surface area contributed by atoms with Crippen LogP contribution in [-0.2, 0) is 11.3 Å². The van der Waals surface area contributed by atoms with Gasteiger partial charge in [0.2, 0.25) is 0 Å². The lowest BCUT2D eigenvalue weighted by Crippen LogP contribution is -2.40. The van der Waals surface area contributed by atoms with Crippen LogP contribution in [0.25, 0.3) is 0 Å². The molecule has 0 radical (unpaired) electrons. The van der Waals surface area contributed by atoms with E-state index in [2.05, 4.69) is 27.3 Å². The molecule has 0 unspecified atom stereocenters. The van der Waals surface area contributed by atoms with Gasteiger partial charge in [0.05, 0.1) is 6.61 Å². The normalized spacial score (nSPS) is 13.5. The number of aliphatic imine (C=N–C) groups is 1. The lowest BCUT2D eigenvalue weighted by molar-refractivity contribution is 0.0562. The summed E-state index contributed by atoms with van der Waals surface area (Å²) in [6.45, 7) is 6.66. The summed E-state index contributed by atoms with van der Waals surface area (Å²) in [6.07, 6.45) is 0.916. The Labute approximate surface area is 156 Å². The van der Waals surface area contributed by atoms with E-state index in [0.717, 1.165) is 19.4 Å². The highest BCUT2D eigenvalue weighted by Gasteiger charge is 2.17. The number of hydrogen-bond donors (Lipinski definition) is 3. The molecule has 0 saturated heterocycles. The second-order valence-corrected chi connectivity index (χ2v) is 7.27. The third-order valence-electron chi connectivity index (χ3n) is 3.72. The van der Waals surface area contributed by atoms with E-state index in [9.17, 15) is 9.90 Å². The molecule has 7 nitrogen and oxygen atoms in total. The van der Waals surface area contributed by atoms with E-state index in [0.29, 0.717) is 6.54 Å². The average molecular weight is 364 g/mol. The SMILES string of the molecule is CN(Cc1ccccc1)[C@H](CO)CCCN=C(N)NC(=O)OC(C)(C)C. The number of likely N-dealkylation sites (N-methyl/N-ethyl adjacent to an activating group) is 1. The maximum absolute atomic E-state index is 11.6. The largest absolute Gasteiger partial charge is 0.444 e. The zero-order valence-electron chi connectivity index (χ0n) is 16.2. The van der Waals surface area contributed by atoms with Crippen molar-refractivity contribution in [3.63, 3.8) is 0 Å². The standard InChI is InChI=1S/C19H32N4O3/c1-19(2,3)26-18(25)22-17(20)21-12-8-11-16(14-24)23(4)13-15-9-6-5-7-10-15/h5-7,9-10,16,24H,8,11-14H2,1-4H3,(H3,20,21,22,25)/t16-/m0/s1. The molecule has 0 aliphatic carbocycles. The molecule has 26 heavy (non-hydrogen) atoms. The number of nitrogens with zero attached hydrogens (tertiary/aromatic N) is 2. The third-order valence-corrected chi connectivity index (χ3v) is 3.72. The number of aliphatic hydroxyl groups excluding tert-OH is 1. The Hall–Kier alpha value is -2.12. The number of amides is 1. The van der Waals surface area contributed by atoms with Gasteiger partial charge in [-0.05, 0) is 46.2 Å². The van der Waals surface area contributed by atoms with Crippen LogP contribution in [0.4, 0.5) is 4.79 Å². The molecule has 1 atom stereocenters. The van der Waals surface area contributed by atoms with Crippen LogP contribution in [0.15, 0.2) is 35.3 Å².